The summed E-state index contributed by atoms with van der Waals surface area (Å²) < 4.78 is 33.5. The summed E-state index contributed by atoms with van der Waals surface area (Å²) in [6.45, 7) is 5.72. The highest BCUT2D eigenvalue weighted by Crippen LogP contribution is 2.32. The summed E-state index contributed by atoms with van der Waals surface area (Å²) in [6.07, 6.45) is -0.301. The molecule has 1 aliphatic rings. The molecule has 2 aromatic carbocycles. The predicted molar refractivity (Wildman–Crippen MR) is 101 cm³/mol. The van der Waals surface area contributed by atoms with Gasteiger partial charge in [-0.25, -0.2) is 8.42 Å². The van der Waals surface area contributed by atoms with Gasteiger partial charge in [-0.2, -0.15) is 4.31 Å². The molecule has 0 saturated heterocycles. The number of nitrogens with zero attached hydrogens (tertiary/aromatic N) is 1. The number of hydrogen-bond donors (Lipinski definition) is 1. The molecule has 0 bridgehead atoms. The summed E-state index contributed by atoms with van der Waals surface area (Å²) in [4.78, 5) is 11.4. The molecule has 0 radical (unpaired) electrons. The van der Waals surface area contributed by atoms with Crippen molar-refractivity contribution in [2.24, 2.45) is 0 Å². The van der Waals surface area contributed by atoms with Gasteiger partial charge in [0.15, 0.2) is 0 Å². The summed E-state index contributed by atoms with van der Waals surface area (Å²) in [6, 6.07) is 12.0. The Morgan fingerprint density at radius 1 is 1.30 bits per heavy atom. The van der Waals surface area contributed by atoms with Gasteiger partial charge in [-0.05, 0) is 49.6 Å². The number of sulfonamides is 1. The van der Waals surface area contributed by atoms with Gasteiger partial charge >= 0.3 is 5.97 Å². The molecule has 0 aliphatic carbocycles. The van der Waals surface area contributed by atoms with Gasteiger partial charge in [0.1, 0.15) is 16.7 Å². The van der Waals surface area contributed by atoms with Gasteiger partial charge in [0, 0.05) is 6.54 Å². The fraction of sp³-hybridized carbons (Fsp3) is 0.350. The molecular weight excluding hydrogens is 366 g/mol. The first kappa shape index (κ1) is 19.4. The third-order valence-electron chi connectivity index (χ3n) is 4.85. The number of carboxylic acids is 1. The van der Waals surface area contributed by atoms with Gasteiger partial charge in [-0.1, -0.05) is 30.3 Å². The topological polar surface area (TPSA) is 83.9 Å². The number of ether oxygens (including phenoxy) is 1. The van der Waals surface area contributed by atoms with E-state index >= 15 is 0 Å². The maximum absolute atomic E-state index is 13.2. The monoisotopic (exact) mass is 389 g/mol. The molecule has 27 heavy (non-hydrogen) atoms. The second-order valence-electron chi connectivity index (χ2n) is 6.92. The van der Waals surface area contributed by atoms with E-state index in [1.807, 2.05) is 19.9 Å². The number of para-hydroxylation sites is 1. The van der Waals surface area contributed by atoms with Crippen LogP contribution in [0.25, 0.3) is 0 Å². The van der Waals surface area contributed by atoms with Crippen LogP contribution in [-0.2, 0) is 21.4 Å². The summed E-state index contributed by atoms with van der Waals surface area (Å²) in [5.41, 5.74) is 2.36. The molecule has 1 heterocycles. The van der Waals surface area contributed by atoms with E-state index in [1.54, 1.807) is 43.3 Å². The van der Waals surface area contributed by atoms with Gasteiger partial charge in [0.05, 0.1) is 12.5 Å². The van der Waals surface area contributed by atoms with Crippen LogP contribution in [0, 0.1) is 6.92 Å². The second-order valence-corrected chi connectivity index (χ2v) is 8.82. The molecule has 2 aromatic rings. The number of rotatable bonds is 4. The number of fused-ring (bicyclic) bond motifs is 1. The molecule has 3 rings (SSSR count). The first-order chi connectivity index (χ1) is 12.7. The lowest BCUT2D eigenvalue weighted by Crippen LogP contribution is -2.35. The van der Waals surface area contributed by atoms with Gasteiger partial charge in [-0.3, -0.25) is 4.79 Å². The maximum atomic E-state index is 13.2. The summed E-state index contributed by atoms with van der Waals surface area (Å²) in [5.74, 6) is -1.21. The van der Waals surface area contributed by atoms with Crippen LogP contribution in [0.1, 0.15) is 36.5 Å². The Balaban J connectivity index is 2.00. The Hall–Kier alpha value is -2.38. The number of aryl methyl sites for hydroxylation is 1. The second kappa shape index (κ2) is 7.32. The Morgan fingerprint density at radius 2 is 2.00 bits per heavy atom. The highest BCUT2D eigenvalue weighted by Gasteiger charge is 2.33. The molecule has 0 aromatic heterocycles. The number of benzene rings is 2. The van der Waals surface area contributed by atoms with Crippen LogP contribution in [0.15, 0.2) is 47.4 Å². The first-order valence-electron chi connectivity index (χ1n) is 8.78. The normalized spacial score (nSPS) is 20.2. The number of hydrogen-bond acceptors (Lipinski definition) is 4. The zero-order valence-corrected chi connectivity index (χ0v) is 16.4. The zero-order valence-electron chi connectivity index (χ0n) is 15.5. The Bertz CT molecular complexity index is 970. The Morgan fingerprint density at radius 3 is 2.70 bits per heavy atom. The van der Waals surface area contributed by atoms with Crippen LogP contribution < -0.4 is 4.74 Å². The summed E-state index contributed by atoms with van der Waals surface area (Å²) in [5, 5.41) is 9.26. The highest BCUT2D eigenvalue weighted by atomic mass is 32.2. The van der Waals surface area contributed by atoms with Crippen molar-refractivity contribution in [2.45, 2.75) is 44.2 Å². The van der Waals surface area contributed by atoms with Crippen LogP contribution in [0.4, 0.5) is 0 Å². The van der Waals surface area contributed by atoms with Crippen LogP contribution >= 0.6 is 0 Å². The molecule has 1 aliphatic heterocycles. The van der Waals surface area contributed by atoms with Crippen molar-refractivity contribution in [3.05, 3.63) is 59.2 Å². The smallest absolute Gasteiger partial charge is 0.310 e. The zero-order chi connectivity index (χ0) is 19.8. The fourth-order valence-corrected chi connectivity index (χ4v) is 4.77. The quantitative estimate of drug-likeness (QED) is 0.868. The molecule has 7 heteroatoms. The number of carboxylic acid groups (broad SMARTS) is 1. The lowest BCUT2D eigenvalue weighted by molar-refractivity contribution is -0.138. The first-order valence-corrected chi connectivity index (χ1v) is 10.2. The minimum Gasteiger partial charge on any atom is -0.488 e. The van der Waals surface area contributed by atoms with E-state index in [0.717, 1.165) is 11.1 Å². The van der Waals surface area contributed by atoms with Crippen molar-refractivity contribution in [1.29, 1.82) is 0 Å². The summed E-state index contributed by atoms with van der Waals surface area (Å²) >= 11 is 0. The van der Waals surface area contributed by atoms with Crippen molar-refractivity contribution in [3.63, 3.8) is 0 Å². The van der Waals surface area contributed by atoms with Crippen LogP contribution in [0.5, 0.6) is 5.75 Å². The molecule has 1 unspecified atom stereocenters. The van der Waals surface area contributed by atoms with Crippen molar-refractivity contribution >= 4 is 16.0 Å². The van der Waals surface area contributed by atoms with Gasteiger partial charge in [0.25, 0.3) is 0 Å². The van der Waals surface area contributed by atoms with E-state index in [-0.39, 0.29) is 24.1 Å². The average Bonchev–Trinajstić information content (AvgIpc) is 2.70. The van der Waals surface area contributed by atoms with Crippen molar-refractivity contribution in [1.82, 2.24) is 4.31 Å². The molecule has 2 atom stereocenters. The minimum atomic E-state index is -3.72. The highest BCUT2D eigenvalue weighted by molar-refractivity contribution is 7.89. The third-order valence-corrected chi connectivity index (χ3v) is 6.70. The lowest BCUT2D eigenvalue weighted by Gasteiger charge is -2.23. The van der Waals surface area contributed by atoms with E-state index < -0.39 is 21.9 Å². The SMILES string of the molecule is Cc1ccc(C(C)C(=O)O)cc1CN1C[C@@H](C)Oc2ccccc2S1(=O)=O. The Labute approximate surface area is 159 Å². The largest absolute Gasteiger partial charge is 0.488 e. The van der Waals surface area contributed by atoms with Crippen molar-refractivity contribution < 1.29 is 23.1 Å². The molecule has 144 valence electrons. The van der Waals surface area contributed by atoms with E-state index in [9.17, 15) is 18.3 Å². The van der Waals surface area contributed by atoms with Gasteiger partial charge in [0.2, 0.25) is 10.0 Å². The van der Waals surface area contributed by atoms with Crippen molar-refractivity contribution in [3.8, 4) is 5.75 Å². The van der Waals surface area contributed by atoms with Crippen molar-refractivity contribution in [2.75, 3.05) is 6.54 Å². The Kier molecular flexibility index (Phi) is 5.26. The van der Waals surface area contributed by atoms with Gasteiger partial charge in [-0.15, -0.1) is 0 Å². The van der Waals surface area contributed by atoms with Crippen LogP contribution in [0.2, 0.25) is 0 Å². The predicted octanol–water partition coefficient (Wildman–Crippen LogP) is 3.15. The molecule has 0 saturated carbocycles. The lowest BCUT2D eigenvalue weighted by atomic mass is 9.96. The molecule has 0 spiro atoms. The number of carbonyl (C=O) groups is 1. The molecule has 0 amide bonds. The van der Waals surface area contributed by atoms with E-state index in [0.29, 0.717) is 11.3 Å². The molecule has 1 N–H and O–H groups in total. The standard InChI is InChI=1S/C20H23NO5S/c1-13-8-9-16(15(3)20(22)23)10-17(13)12-21-11-14(2)26-18-6-4-5-7-19(18)27(21,24)25/h4-10,14-15H,11-12H2,1-3H3,(H,22,23)/t14-,15?/m1/s1. The molecular formula is C20H23NO5S. The van der Waals surface area contributed by atoms with Crippen LogP contribution in [-0.4, -0.2) is 36.4 Å². The average molecular weight is 389 g/mol. The fourth-order valence-electron chi connectivity index (χ4n) is 3.15. The van der Waals surface area contributed by atoms with E-state index in [1.165, 1.54) is 4.31 Å². The van der Waals surface area contributed by atoms with Gasteiger partial charge < -0.3 is 9.84 Å². The minimum absolute atomic E-state index is 0.155. The molecule has 6 nitrogen and oxygen atoms in total. The third kappa shape index (κ3) is 3.84. The molecule has 0 fully saturated rings. The van der Waals surface area contributed by atoms with Crippen LogP contribution in [0.3, 0.4) is 0 Å². The van der Waals surface area contributed by atoms with E-state index in [2.05, 4.69) is 0 Å². The maximum Gasteiger partial charge on any atom is 0.310 e. The summed E-state index contributed by atoms with van der Waals surface area (Å²) in [7, 11) is -3.72. The van der Waals surface area contributed by atoms with E-state index in [4.69, 9.17) is 4.74 Å². The number of aliphatic carboxylic acids is 1.